The van der Waals surface area contributed by atoms with Crippen LogP contribution in [0.2, 0.25) is 0 Å². The Hall–Kier alpha value is -0.940. The van der Waals surface area contributed by atoms with Gasteiger partial charge in [-0.2, -0.15) is 0 Å². The normalized spacial score (nSPS) is 12.5. The van der Waals surface area contributed by atoms with Gasteiger partial charge in [0, 0.05) is 19.7 Å². The van der Waals surface area contributed by atoms with Gasteiger partial charge < -0.3 is 19.5 Å². The zero-order valence-electron chi connectivity index (χ0n) is 11.9. The Labute approximate surface area is 116 Å². The minimum absolute atomic E-state index is 0.350. The molecule has 0 heterocycles. The Balaban J connectivity index is 1.93. The summed E-state index contributed by atoms with van der Waals surface area (Å²) in [4.78, 5) is 0. The SMILES string of the molecule is COCCOCCOCCN[C@@H](C)c1ccccc1. The standard InChI is InChI=1S/C15H25NO3/c1-14(15-6-4-3-5-7-15)16-8-9-18-12-13-19-11-10-17-2/h3-7,14,16H,8-13H2,1-2H3/t14-/m0/s1. The maximum atomic E-state index is 5.47. The number of rotatable bonds is 11. The molecular weight excluding hydrogens is 242 g/mol. The van der Waals surface area contributed by atoms with Gasteiger partial charge in [-0.05, 0) is 12.5 Å². The van der Waals surface area contributed by atoms with Gasteiger partial charge in [0.1, 0.15) is 0 Å². The summed E-state index contributed by atoms with van der Waals surface area (Å²) in [5.74, 6) is 0. The summed E-state index contributed by atoms with van der Waals surface area (Å²) in [5, 5.41) is 3.42. The van der Waals surface area contributed by atoms with Crippen molar-refractivity contribution in [1.29, 1.82) is 0 Å². The van der Waals surface area contributed by atoms with Crippen LogP contribution >= 0.6 is 0 Å². The molecule has 4 heteroatoms. The number of hydrogen-bond donors (Lipinski definition) is 1. The molecule has 1 aromatic carbocycles. The van der Waals surface area contributed by atoms with Crippen molar-refractivity contribution in [2.45, 2.75) is 13.0 Å². The molecule has 1 atom stereocenters. The van der Waals surface area contributed by atoms with Gasteiger partial charge in [0.15, 0.2) is 0 Å². The van der Waals surface area contributed by atoms with Crippen LogP contribution in [0.25, 0.3) is 0 Å². The number of ether oxygens (including phenoxy) is 3. The fourth-order valence-corrected chi connectivity index (χ4v) is 1.67. The Morgan fingerprint density at radius 2 is 1.58 bits per heavy atom. The summed E-state index contributed by atoms with van der Waals surface area (Å²) in [5.41, 5.74) is 1.30. The predicted molar refractivity (Wildman–Crippen MR) is 76.4 cm³/mol. The lowest BCUT2D eigenvalue weighted by Crippen LogP contribution is -2.24. The van der Waals surface area contributed by atoms with Crippen molar-refractivity contribution < 1.29 is 14.2 Å². The zero-order chi connectivity index (χ0) is 13.8. The number of hydrogen-bond acceptors (Lipinski definition) is 4. The molecule has 0 aliphatic heterocycles. The van der Waals surface area contributed by atoms with Gasteiger partial charge in [-0.3, -0.25) is 0 Å². The molecule has 0 amide bonds. The van der Waals surface area contributed by atoms with E-state index in [9.17, 15) is 0 Å². The third kappa shape index (κ3) is 7.95. The molecule has 0 fully saturated rings. The minimum Gasteiger partial charge on any atom is -0.382 e. The van der Waals surface area contributed by atoms with E-state index < -0.39 is 0 Å². The van der Waals surface area contributed by atoms with E-state index in [4.69, 9.17) is 14.2 Å². The molecule has 0 unspecified atom stereocenters. The van der Waals surface area contributed by atoms with Crippen molar-refractivity contribution >= 4 is 0 Å². The van der Waals surface area contributed by atoms with Crippen LogP contribution in [-0.2, 0) is 14.2 Å². The summed E-state index contributed by atoms with van der Waals surface area (Å²) in [6.45, 7) is 6.21. The molecule has 0 aromatic heterocycles. The Bertz CT molecular complexity index is 306. The number of methoxy groups -OCH3 is 1. The summed E-state index contributed by atoms with van der Waals surface area (Å²) >= 11 is 0. The maximum absolute atomic E-state index is 5.47. The van der Waals surface area contributed by atoms with E-state index in [1.54, 1.807) is 7.11 Å². The molecule has 0 aliphatic rings. The van der Waals surface area contributed by atoms with Crippen molar-refractivity contribution in [2.24, 2.45) is 0 Å². The Morgan fingerprint density at radius 1 is 0.947 bits per heavy atom. The van der Waals surface area contributed by atoms with Crippen molar-refractivity contribution in [1.82, 2.24) is 5.32 Å². The van der Waals surface area contributed by atoms with Crippen molar-refractivity contribution in [3.8, 4) is 0 Å². The van der Waals surface area contributed by atoms with Crippen LogP contribution in [0.5, 0.6) is 0 Å². The average Bonchev–Trinajstić information content (AvgIpc) is 2.46. The average molecular weight is 267 g/mol. The minimum atomic E-state index is 0.350. The van der Waals surface area contributed by atoms with E-state index in [-0.39, 0.29) is 0 Å². The van der Waals surface area contributed by atoms with Gasteiger partial charge in [-0.25, -0.2) is 0 Å². The molecule has 0 saturated heterocycles. The molecule has 4 nitrogen and oxygen atoms in total. The van der Waals surface area contributed by atoms with Gasteiger partial charge >= 0.3 is 0 Å². The molecule has 0 radical (unpaired) electrons. The lowest BCUT2D eigenvalue weighted by atomic mass is 10.1. The van der Waals surface area contributed by atoms with Crippen LogP contribution in [-0.4, -0.2) is 46.7 Å². The lowest BCUT2D eigenvalue weighted by molar-refractivity contribution is 0.0253. The maximum Gasteiger partial charge on any atom is 0.0701 e. The molecule has 0 bridgehead atoms. The monoisotopic (exact) mass is 267 g/mol. The molecule has 108 valence electrons. The molecule has 1 aromatic rings. The fourth-order valence-electron chi connectivity index (χ4n) is 1.67. The third-order valence-corrected chi connectivity index (χ3v) is 2.80. The van der Waals surface area contributed by atoms with Gasteiger partial charge in [-0.15, -0.1) is 0 Å². The second-order valence-corrected chi connectivity index (χ2v) is 4.30. The first kappa shape index (κ1) is 16.1. The van der Waals surface area contributed by atoms with Gasteiger partial charge in [0.25, 0.3) is 0 Å². The summed E-state index contributed by atoms with van der Waals surface area (Å²) in [7, 11) is 1.67. The Morgan fingerprint density at radius 3 is 2.26 bits per heavy atom. The highest BCUT2D eigenvalue weighted by atomic mass is 16.5. The van der Waals surface area contributed by atoms with E-state index in [0.717, 1.165) is 6.54 Å². The first-order valence-corrected chi connectivity index (χ1v) is 6.77. The lowest BCUT2D eigenvalue weighted by Gasteiger charge is -2.14. The van der Waals surface area contributed by atoms with Gasteiger partial charge in [-0.1, -0.05) is 30.3 Å². The van der Waals surface area contributed by atoms with Crippen LogP contribution < -0.4 is 5.32 Å². The van der Waals surface area contributed by atoms with E-state index in [1.807, 2.05) is 6.07 Å². The number of benzene rings is 1. The highest BCUT2D eigenvalue weighted by Crippen LogP contribution is 2.10. The largest absolute Gasteiger partial charge is 0.382 e. The number of nitrogens with one attached hydrogen (secondary N) is 1. The van der Waals surface area contributed by atoms with Crippen molar-refractivity contribution in [3.05, 3.63) is 35.9 Å². The summed E-state index contributed by atoms with van der Waals surface area (Å²) in [6, 6.07) is 10.7. The summed E-state index contributed by atoms with van der Waals surface area (Å²) in [6.07, 6.45) is 0. The van der Waals surface area contributed by atoms with Crippen LogP contribution in [0.15, 0.2) is 30.3 Å². The van der Waals surface area contributed by atoms with Crippen LogP contribution in [0, 0.1) is 0 Å². The van der Waals surface area contributed by atoms with E-state index in [1.165, 1.54) is 5.56 Å². The first-order valence-electron chi connectivity index (χ1n) is 6.77. The molecule has 19 heavy (non-hydrogen) atoms. The Kier molecular flexibility index (Phi) is 9.27. The van der Waals surface area contributed by atoms with E-state index >= 15 is 0 Å². The predicted octanol–water partition coefficient (Wildman–Crippen LogP) is 2.02. The second kappa shape index (κ2) is 10.9. The summed E-state index contributed by atoms with van der Waals surface area (Å²) < 4.78 is 15.7. The molecule has 0 spiro atoms. The van der Waals surface area contributed by atoms with Crippen molar-refractivity contribution in [2.75, 3.05) is 46.7 Å². The van der Waals surface area contributed by atoms with E-state index in [2.05, 4.69) is 36.5 Å². The molecule has 1 rings (SSSR count). The van der Waals surface area contributed by atoms with Crippen LogP contribution in [0.1, 0.15) is 18.5 Å². The van der Waals surface area contributed by atoms with Gasteiger partial charge in [0.2, 0.25) is 0 Å². The van der Waals surface area contributed by atoms with Crippen LogP contribution in [0.3, 0.4) is 0 Å². The highest BCUT2D eigenvalue weighted by molar-refractivity contribution is 5.17. The molecule has 0 aliphatic carbocycles. The topological polar surface area (TPSA) is 39.7 Å². The van der Waals surface area contributed by atoms with Crippen LogP contribution in [0.4, 0.5) is 0 Å². The smallest absolute Gasteiger partial charge is 0.0701 e. The quantitative estimate of drug-likeness (QED) is 0.623. The van der Waals surface area contributed by atoms with E-state index in [0.29, 0.717) is 39.1 Å². The van der Waals surface area contributed by atoms with Gasteiger partial charge in [0.05, 0.1) is 33.0 Å². The zero-order valence-corrected chi connectivity index (χ0v) is 11.9. The molecular formula is C15H25NO3. The fraction of sp³-hybridized carbons (Fsp3) is 0.600. The van der Waals surface area contributed by atoms with Crippen molar-refractivity contribution in [3.63, 3.8) is 0 Å². The molecule has 0 saturated carbocycles. The highest BCUT2D eigenvalue weighted by Gasteiger charge is 2.02. The second-order valence-electron chi connectivity index (χ2n) is 4.30. The third-order valence-electron chi connectivity index (χ3n) is 2.80. The first-order chi connectivity index (χ1) is 9.34. The molecule has 1 N–H and O–H groups in total.